The molecular formula is C16H36P+. The number of hydrogen-bond acceptors (Lipinski definition) is 0. The van der Waals surface area contributed by atoms with E-state index in [0.29, 0.717) is 10.3 Å². The maximum absolute atomic E-state index is 2.50. The molecule has 0 fully saturated rings. The molecule has 0 rings (SSSR count). The van der Waals surface area contributed by atoms with Gasteiger partial charge in [0.05, 0.1) is 22.6 Å². The van der Waals surface area contributed by atoms with Crippen LogP contribution in [0.5, 0.6) is 0 Å². The standard InChI is InChI=1S/C16H36P/c1-9-11-13-17(14-12-10-2,15(3,4)5)16(6,7)8/h9-14H2,1-8H3/q+1. The Morgan fingerprint density at radius 3 is 1.12 bits per heavy atom. The lowest BCUT2D eigenvalue weighted by Crippen LogP contribution is -2.37. The molecule has 0 heterocycles. The third-order valence-electron chi connectivity index (χ3n) is 4.35. The van der Waals surface area contributed by atoms with E-state index in [0.717, 1.165) is 0 Å². The number of unbranched alkanes of at least 4 members (excludes halogenated alkanes) is 2. The molecule has 17 heavy (non-hydrogen) atoms. The van der Waals surface area contributed by atoms with E-state index in [2.05, 4.69) is 55.4 Å². The van der Waals surface area contributed by atoms with Crippen LogP contribution in [0.2, 0.25) is 0 Å². The van der Waals surface area contributed by atoms with Crippen LogP contribution >= 0.6 is 7.26 Å². The van der Waals surface area contributed by atoms with Gasteiger partial charge in [0.15, 0.2) is 0 Å². The first kappa shape index (κ1) is 17.4. The van der Waals surface area contributed by atoms with E-state index in [1.54, 1.807) is 0 Å². The van der Waals surface area contributed by atoms with Crippen LogP contribution in [0.15, 0.2) is 0 Å². The topological polar surface area (TPSA) is 0 Å². The smallest absolute Gasteiger partial charge is 0.0652 e. The van der Waals surface area contributed by atoms with Crippen molar-refractivity contribution in [3.63, 3.8) is 0 Å². The Kier molecular flexibility index (Phi) is 6.72. The predicted molar refractivity (Wildman–Crippen MR) is 86.0 cm³/mol. The third kappa shape index (κ3) is 4.23. The molecule has 0 aliphatic carbocycles. The molecule has 0 saturated heterocycles. The van der Waals surface area contributed by atoms with Crippen LogP contribution in [-0.2, 0) is 0 Å². The molecule has 0 atom stereocenters. The van der Waals surface area contributed by atoms with Crippen LogP contribution in [0.25, 0.3) is 0 Å². The van der Waals surface area contributed by atoms with E-state index >= 15 is 0 Å². The zero-order chi connectivity index (χ0) is 13.7. The van der Waals surface area contributed by atoms with Crippen LogP contribution in [0.1, 0.15) is 81.1 Å². The summed E-state index contributed by atoms with van der Waals surface area (Å²) in [6.45, 7) is 19.7. The van der Waals surface area contributed by atoms with E-state index in [4.69, 9.17) is 0 Å². The van der Waals surface area contributed by atoms with Crippen molar-refractivity contribution in [2.24, 2.45) is 0 Å². The SMILES string of the molecule is CCCC[P+](CCCC)(C(C)(C)C)C(C)(C)C. The Labute approximate surface area is 111 Å². The predicted octanol–water partition coefficient (Wildman–Crippen LogP) is 6.20. The molecule has 104 valence electrons. The van der Waals surface area contributed by atoms with Crippen molar-refractivity contribution < 1.29 is 0 Å². The molecule has 0 aliphatic rings. The van der Waals surface area contributed by atoms with Gasteiger partial charge in [0, 0.05) is 7.26 Å². The van der Waals surface area contributed by atoms with Gasteiger partial charge in [-0.3, -0.25) is 0 Å². The largest absolute Gasteiger partial charge is 0.0720 e. The summed E-state index contributed by atoms with van der Waals surface area (Å²) in [6.07, 6.45) is 8.53. The van der Waals surface area contributed by atoms with Gasteiger partial charge >= 0.3 is 0 Å². The van der Waals surface area contributed by atoms with E-state index in [1.165, 1.54) is 38.0 Å². The fourth-order valence-corrected chi connectivity index (χ4v) is 9.95. The van der Waals surface area contributed by atoms with E-state index < -0.39 is 7.26 Å². The lowest BCUT2D eigenvalue weighted by atomic mass is 10.2. The van der Waals surface area contributed by atoms with Gasteiger partial charge in [0.2, 0.25) is 0 Å². The lowest BCUT2D eigenvalue weighted by molar-refractivity contribution is 0.663. The molecule has 0 bridgehead atoms. The molecule has 0 aromatic carbocycles. The average molecular weight is 259 g/mol. The highest BCUT2D eigenvalue weighted by Crippen LogP contribution is 2.77. The molecule has 1 heteroatoms. The minimum atomic E-state index is -0.897. The van der Waals surface area contributed by atoms with Crippen LogP contribution in [0.4, 0.5) is 0 Å². The van der Waals surface area contributed by atoms with E-state index in [-0.39, 0.29) is 0 Å². The van der Waals surface area contributed by atoms with Gasteiger partial charge in [-0.15, -0.1) is 0 Å². The Balaban J connectivity index is 5.22. The molecule has 0 nitrogen and oxygen atoms in total. The van der Waals surface area contributed by atoms with Gasteiger partial charge in [-0.05, 0) is 54.4 Å². The molecular weight excluding hydrogens is 223 g/mol. The summed E-state index contributed by atoms with van der Waals surface area (Å²) in [5.41, 5.74) is 0. The fraction of sp³-hybridized carbons (Fsp3) is 1.00. The summed E-state index contributed by atoms with van der Waals surface area (Å²) >= 11 is 0. The van der Waals surface area contributed by atoms with Crippen LogP contribution in [0.3, 0.4) is 0 Å². The van der Waals surface area contributed by atoms with Gasteiger partial charge in [-0.25, -0.2) is 0 Å². The van der Waals surface area contributed by atoms with Crippen LogP contribution < -0.4 is 0 Å². The van der Waals surface area contributed by atoms with E-state index in [9.17, 15) is 0 Å². The maximum atomic E-state index is 2.50. The monoisotopic (exact) mass is 259 g/mol. The summed E-state index contributed by atoms with van der Waals surface area (Å²) in [6, 6.07) is 0. The van der Waals surface area contributed by atoms with Crippen molar-refractivity contribution in [1.82, 2.24) is 0 Å². The summed E-state index contributed by atoms with van der Waals surface area (Å²) < 4.78 is 0. The summed E-state index contributed by atoms with van der Waals surface area (Å²) in [5, 5.41) is 1.02. The van der Waals surface area contributed by atoms with Crippen molar-refractivity contribution >= 4 is 7.26 Å². The number of rotatable bonds is 6. The molecule has 0 saturated carbocycles. The van der Waals surface area contributed by atoms with Gasteiger partial charge in [0.25, 0.3) is 0 Å². The number of hydrogen-bond donors (Lipinski definition) is 0. The molecule has 0 amide bonds. The molecule has 0 unspecified atom stereocenters. The van der Waals surface area contributed by atoms with Crippen LogP contribution in [0, 0.1) is 0 Å². The highest BCUT2D eigenvalue weighted by molar-refractivity contribution is 7.78. The Hall–Kier alpha value is 0.430. The Bertz CT molecular complexity index is 181. The van der Waals surface area contributed by atoms with Crippen molar-refractivity contribution in [3.05, 3.63) is 0 Å². The zero-order valence-corrected chi connectivity index (χ0v) is 14.6. The van der Waals surface area contributed by atoms with Gasteiger partial charge in [0.1, 0.15) is 0 Å². The molecule has 0 spiro atoms. The molecule has 0 aromatic heterocycles. The molecule has 0 N–H and O–H groups in total. The fourth-order valence-electron chi connectivity index (χ4n) is 3.32. The van der Waals surface area contributed by atoms with Crippen molar-refractivity contribution in [3.8, 4) is 0 Å². The van der Waals surface area contributed by atoms with Crippen molar-refractivity contribution in [2.45, 2.75) is 91.4 Å². The van der Waals surface area contributed by atoms with E-state index in [1.807, 2.05) is 0 Å². The van der Waals surface area contributed by atoms with Gasteiger partial charge in [-0.2, -0.15) is 0 Å². The average Bonchev–Trinajstić information content (AvgIpc) is 2.14. The molecule has 0 aliphatic heterocycles. The molecule has 0 radical (unpaired) electrons. The summed E-state index contributed by atoms with van der Waals surface area (Å²) in [4.78, 5) is 0. The first-order chi connectivity index (χ1) is 7.62. The van der Waals surface area contributed by atoms with Gasteiger partial charge < -0.3 is 0 Å². The highest BCUT2D eigenvalue weighted by atomic mass is 31.2. The summed E-state index contributed by atoms with van der Waals surface area (Å²) in [7, 11) is -0.897. The minimum absolute atomic E-state index is 0.510. The first-order valence-corrected chi connectivity index (χ1v) is 9.65. The lowest BCUT2D eigenvalue weighted by Gasteiger charge is -2.47. The van der Waals surface area contributed by atoms with Crippen LogP contribution in [-0.4, -0.2) is 22.6 Å². The highest BCUT2D eigenvalue weighted by Gasteiger charge is 2.55. The maximum Gasteiger partial charge on any atom is 0.0720 e. The third-order valence-corrected chi connectivity index (χ3v) is 11.7. The zero-order valence-electron chi connectivity index (χ0n) is 13.7. The van der Waals surface area contributed by atoms with Crippen molar-refractivity contribution in [2.75, 3.05) is 12.3 Å². The first-order valence-electron chi connectivity index (χ1n) is 7.49. The summed E-state index contributed by atoms with van der Waals surface area (Å²) in [5.74, 6) is 0. The van der Waals surface area contributed by atoms with Crippen molar-refractivity contribution in [1.29, 1.82) is 0 Å². The minimum Gasteiger partial charge on any atom is -0.0652 e. The quantitative estimate of drug-likeness (QED) is 0.498. The normalized spacial score (nSPS) is 14.1. The van der Waals surface area contributed by atoms with Gasteiger partial charge in [-0.1, -0.05) is 26.7 Å². The molecule has 0 aromatic rings. The second-order valence-electron chi connectivity index (χ2n) is 7.46. The Morgan fingerprint density at radius 1 is 0.647 bits per heavy atom. The Morgan fingerprint density at radius 2 is 0.941 bits per heavy atom. The second-order valence-corrected chi connectivity index (χ2v) is 13.0. The second kappa shape index (κ2) is 6.55.